The molecule has 1 saturated heterocycles. The van der Waals surface area contributed by atoms with E-state index in [1.807, 2.05) is 7.05 Å². The Balaban J connectivity index is 1.73. The Morgan fingerprint density at radius 2 is 1.66 bits per heavy atom. The van der Waals surface area contributed by atoms with Crippen molar-refractivity contribution in [1.82, 2.24) is 20.4 Å². The molecule has 1 aliphatic heterocycles. The van der Waals surface area contributed by atoms with Crippen LogP contribution in [0, 0.1) is 0 Å². The van der Waals surface area contributed by atoms with E-state index in [0.717, 1.165) is 71.3 Å². The lowest BCUT2D eigenvalue weighted by atomic mass is 10.1. The maximum absolute atomic E-state index is 5.61. The van der Waals surface area contributed by atoms with Crippen LogP contribution < -0.4 is 10.6 Å². The average Bonchev–Trinajstić information content (AvgIpc) is 2.76. The van der Waals surface area contributed by atoms with Crippen molar-refractivity contribution in [2.75, 3.05) is 59.5 Å². The Kier molecular flexibility index (Phi) is 11.7. The lowest BCUT2D eigenvalue weighted by molar-refractivity contribution is 0.129. The molecular weight excluding hydrogens is 362 g/mol. The summed E-state index contributed by atoms with van der Waals surface area (Å²) in [4.78, 5) is 9.44. The van der Waals surface area contributed by atoms with Crippen LogP contribution in [-0.2, 0) is 17.8 Å². The van der Waals surface area contributed by atoms with Crippen molar-refractivity contribution >= 4 is 5.96 Å². The molecule has 0 aliphatic carbocycles. The number of guanidine groups is 1. The summed E-state index contributed by atoms with van der Waals surface area (Å²) in [5, 5.41) is 6.85. The van der Waals surface area contributed by atoms with Gasteiger partial charge in [-0.1, -0.05) is 44.5 Å². The van der Waals surface area contributed by atoms with Crippen LogP contribution in [0.5, 0.6) is 0 Å². The van der Waals surface area contributed by atoms with Gasteiger partial charge in [0.05, 0.1) is 0 Å². The molecule has 0 aromatic heterocycles. The SMILES string of the molecule is CCCCOCCCNC(=NC)NCc1ccccc1CN1CCN(CC)CC1. The highest BCUT2D eigenvalue weighted by Crippen LogP contribution is 2.13. The van der Waals surface area contributed by atoms with Crippen LogP contribution in [0.25, 0.3) is 0 Å². The summed E-state index contributed by atoms with van der Waals surface area (Å²) in [6.07, 6.45) is 3.32. The molecule has 6 heteroatoms. The molecule has 0 saturated carbocycles. The van der Waals surface area contributed by atoms with Crippen molar-refractivity contribution in [1.29, 1.82) is 0 Å². The molecule has 0 bridgehead atoms. The fraction of sp³-hybridized carbons (Fsp3) is 0.696. The van der Waals surface area contributed by atoms with Gasteiger partial charge >= 0.3 is 0 Å². The first-order valence-corrected chi connectivity index (χ1v) is 11.3. The van der Waals surface area contributed by atoms with Gasteiger partial charge < -0.3 is 20.3 Å². The molecule has 0 atom stereocenters. The molecule has 2 rings (SSSR count). The molecule has 1 aliphatic rings. The predicted molar refractivity (Wildman–Crippen MR) is 122 cm³/mol. The van der Waals surface area contributed by atoms with Crippen LogP contribution in [-0.4, -0.2) is 75.3 Å². The van der Waals surface area contributed by atoms with E-state index in [4.69, 9.17) is 4.74 Å². The maximum Gasteiger partial charge on any atom is 0.191 e. The van der Waals surface area contributed by atoms with Gasteiger partial charge in [-0.15, -0.1) is 0 Å². The minimum Gasteiger partial charge on any atom is -0.381 e. The van der Waals surface area contributed by atoms with Crippen molar-refractivity contribution in [2.45, 2.75) is 46.2 Å². The van der Waals surface area contributed by atoms with Crippen molar-refractivity contribution in [3.05, 3.63) is 35.4 Å². The summed E-state index contributed by atoms with van der Waals surface area (Å²) in [5.41, 5.74) is 2.75. The summed E-state index contributed by atoms with van der Waals surface area (Å²) >= 11 is 0. The first-order chi connectivity index (χ1) is 14.3. The quantitative estimate of drug-likeness (QED) is 0.319. The maximum atomic E-state index is 5.61. The molecule has 1 aromatic rings. The lowest BCUT2D eigenvalue weighted by Gasteiger charge is -2.34. The Morgan fingerprint density at radius 1 is 0.966 bits per heavy atom. The number of rotatable bonds is 12. The summed E-state index contributed by atoms with van der Waals surface area (Å²) < 4.78 is 5.61. The van der Waals surface area contributed by atoms with Gasteiger partial charge in [-0.25, -0.2) is 0 Å². The summed E-state index contributed by atoms with van der Waals surface area (Å²) in [6.45, 7) is 14.6. The monoisotopic (exact) mass is 403 g/mol. The van der Waals surface area contributed by atoms with Crippen LogP contribution in [0.4, 0.5) is 0 Å². The normalized spacial score (nSPS) is 16.2. The molecule has 0 spiro atoms. The molecule has 6 nitrogen and oxygen atoms in total. The molecule has 1 aromatic carbocycles. The number of hydrogen-bond donors (Lipinski definition) is 2. The van der Waals surface area contributed by atoms with Crippen molar-refractivity contribution < 1.29 is 4.74 Å². The first-order valence-electron chi connectivity index (χ1n) is 11.3. The number of nitrogens with zero attached hydrogens (tertiary/aromatic N) is 3. The zero-order valence-corrected chi connectivity index (χ0v) is 18.8. The fourth-order valence-corrected chi connectivity index (χ4v) is 3.52. The zero-order valence-electron chi connectivity index (χ0n) is 18.8. The van der Waals surface area contributed by atoms with Crippen LogP contribution in [0.15, 0.2) is 29.3 Å². The van der Waals surface area contributed by atoms with Crippen LogP contribution in [0.1, 0.15) is 44.2 Å². The highest BCUT2D eigenvalue weighted by atomic mass is 16.5. The summed E-state index contributed by atoms with van der Waals surface area (Å²) in [5.74, 6) is 0.852. The van der Waals surface area contributed by atoms with Gasteiger partial charge in [-0.3, -0.25) is 9.89 Å². The van der Waals surface area contributed by atoms with E-state index in [2.05, 4.69) is 63.5 Å². The highest BCUT2D eigenvalue weighted by Gasteiger charge is 2.16. The predicted octanol–water partition coefficient (Wildman–Crippen LogP) is 2.70. The van der Waals surface area contributed by atoms with Crippen molar-refractivity contribution in [3.63, 3.8) is 0 Å². The zero-order chi connectivity index (χ0) is 20.7. The molecule has 2 N–H and O–H groups in total. The van der Waals surface area contributed by atoms with E-state index in [-0.39, 0.29) is 0 Å². The van der Waals surface area contributed by atoms with Crippen molar-refractivity contribution in [2.24, 2.45) is 4.99 Å². The summed E-state index contributed by atoms with van der Waals surface area (Å²) in [6, 6.07) is 8.75. The Labute approximate surface area is 177 Å². The summed E-state index contributed by atoms with van der Waals surface area (Å²) in [7, 11) is 1.83. The third kappa shape index (κ3) is 9.15. The fourth-order valence-electron chi connectivity index (χ4n) is 3.52. The smallest absolute Gasteiger partial charge is 0.191 e. The number of piperazine rings is 1. The number of likely N-dealkylation sites (N-methyl/N-ethyl adjacent to an activating group) is 1. The van der Waals surface area contributed by atoms with Crippen molar-refractivity contribution in [3.8, 4) is 0 Å². The number of unbranched alkanes of at least 4 members (excludes halogenated alkanes) is 1. The standard InChI is InChI=1S/C23H41N5O/c1-4-6-17-29-18-9-12-25-23(24-3)26-19-21-10-7-8-11-22(21)20-28-15-13-27(5-2)14-16-28/h7-8,10-11H,4-6,9,12-20H2,1-3H3,(H2,24,25,26). The van der Waals surface area contributed by atoms with Gasteiger partial charge in [0.25, 0.3) is 0 Å². The number of aliphatic imine (C=N–C) groups is 1. The van der Waals surface area contributed by atoms with Crippen LogP contribution in [0.2, 0.25) is 0 Å². The second-order valence-corrected chi connectivity index (χ2v) is 7.65. The molecule has 1 heterocycles. The van der Waals surface area contributed by atoms with Gasteiger partial charge in [0.1, 0.15) is 0 Å². The van der Waals surface area contributed by atoms with Gasteiger partial charge in [-0.2, -0.15) is 0 Å². The minimum atomic E-state index is 0.789. The second-order valence-electron chi connectivity index (χ2n) is 7.65. The van der Waals surface area contributed by atoms with E-state index >= 15 is 0 Å². The largest absolute Gasteiger partial charge is 0.381 e. The number of ether oxygens (including phenoxy) is 1. The molecule has 164 valence electrons. The Bertz CT molecular complexity index is 584. The van der Waals surface area contributed by atoms with Gasteiger partial charge in [0, 0.05) is 66.1 Å². The molecule has 0 radical (unpaired) electrons. The Morgan fingerprint density at radius 3 is 2.34 bits per heavy atom. The van der Waals surface area contributed by atoms with E-state index in [1.54, 1.807) is 0 Å². The van der Waals surface area contributed by atoms with E-state index in [0.29, 0.717) is 0 Å². The van der Waals surface area contributed by atoms with Crippen LogP contribution in [0.3, 0.4) is 0 Å². The Hall–Kier alpha value is -1.63. The number of hydrogen-bond acceptors (Lipinski definition) is 4. The van der Waals surface area contributed by atoms with Gasteiger partial charge in [-0.05, 0) is 30.5 Å². The third-order valence-corrected chi connectivity index (χ3v) is 5.49. The first kappa shape index (κ1) is 23.6. The second kappa shape index (κ2) is 14.4. The van der Waals surface area contributed by atoms with E-state index < -0.39 is 0 Å². The van der Waals surface area contributed by atoms with Gasteiger partial charge in [0.2, 0.25) is 0 Å². The molecular formula is C23H41N5O. The highest BCUT2D eigenvalue weighted by molar-refractivity contribution is 5.79. The average molecular weight is 404 g/mol. The topological polar surface area (TPSA) is 52.1 Å². The molecule has 0 unspecified atom stereocenters. The molecule has 29 heavy (non-hydrogen) atoms. The van der Waals surface area contributed by atoms with E-state index in [9.17, 15) is 0 Å². The molecule has 0 amide bonds. The van der Waals surface area contributed by atoms with Gasteiger partial charge in [0.15, 0.2) is 5.96 Å². The minimum absolute atomic E-state index is 0.789. The van der Waals surface area contributed by atoms with E-state index in [1.165, 1.54) is 30.6 Å². The number of benzene rings is 1. The third-order valence-electron chi connectivity index (χ3n) is 5.49. The molecule has 1 fully saturated rings. The van der Waals surface area contributed by atoms with Crippen LogP contribution >= 0.6 is 0 Å². The number of nitrogens with one attached hydrogen (secondary N) is 2. The lowest BCUT2D eigenvalue weighted by Crippen LogP contribution is -2.45.